The second kappa shape index (κ2) is 9.79. The monoisotopic (exact) mass is 364 g/mol. The van der Waals surface area contributed by atoms with Crippen LogP contribution in [0.25, 0.3) is 0 Å². The zero-order valence-corrected chi connectivity index (χ0v) is 16.0. The predicted molar refractivity (Wildman–Crippen MR) is 103 cm³/mol. The van der Waals surface area contributed by atoms with Gasteiger partial charge in [-0.1, -0.05) is 44.7 Å². The Balaban J connectivity index is 1.81. The molecule has 0 aliphatic carbocycles. The van der Waals surface area contributed by atoms with Gasteiger partial charge < -0.3 is 9.72 Å². The van der Waals surface area contributed by atoms with Gasteiger partial charge in [-0.2, -0.15) is 11.8 Å². The van der Waals surface area contributed by atoms with E-state index in [4.69, 9.17) is 4.74 Å². The summed E-state index contributed by atoms with van der Waals surface area (Å²) in [5.41, 5.74) is 2.04. The van der Waals surface area contributed by atoms with E-state index < -0.39 is 0 Å². The number of nitrogens with one attached hydrogen (secondary N) is 1. The van der Waals surface area contributed by atoms with Gasteiger partial charge in [-0.25, -0.2) is 4.98 Å². The quantitative estimate of drug-likeness (QED) is 0.412. The summed E-state index contributed by atoms with van der Waals surface area (Å²) >= 11 is 3.29. The maximum absolute atomic E-state index is 11.7. The first kappa shape index (κ1) is 18.9. The highest BCUT2D eigenvalue weighted by atomic mass is 32.2. The third-order valence-electron chi connectivity index (χ3n) is 3.26. The molecule has 0 amide bonds. The van der Waals surface area contributed by atoms with Crippen LogP contribution in [-0.4, -0.2) is 27.6 Å². The van der Waals surface area contributed by atoms with Crippen LogP contribution < -0.4 is 10.3 Å². The molecule has 2 aromatic rings. The Hall–Kier alpha value is -1.40. The van der Waals surface area contributed by atoms with E-state index in [0.29, 0.717) is 17.0 Å². The zero-order valence-electron chi connectivity index (χ0n) is 14.4. The Morgan fingerprint density at radius 3 is 2.67 bits per heavy atom. The summed E-state index contributed by atoms with van der Waals surface area (Å²) < 4.78 is 5.72. The van der Waals surface area contributed by atoms with Crippen molar-refractivity contribution >= 4 is 23.5 Å². The van der Waals surface area contributed by atoms with Crippen LogP contribution >= 0.6 is 23.5 Å². The average Bonchev–Trinajstić information content (AvgIpc) is 2.57. The number of thioether (sulfide) groups is 2. The molecular weight excluding hydrogens is 340 g/mol. The lowest BCUT2D eigenvalue weighted by molar-refractivity contribution is 0.344. The van der Waals surface area contributed by atoms with Gasteiger partial charge in [0.05, 0.1) is 12.3 Å². The first-order valence-electron chi connectivity index (χ1n) is 8.13. The van der Waals surface area contributed by atoms with E-state index in [2.05, 4.69) is 42.9 Å². The molecule has 6 heteroatoms. The van der Waals surface area contributed by atoms with Gasteiger partial charge in [0.15, 0.2) is 5.16 Å². The fraction of sp³-hybridized carbons (Fsp3) is 0.444. The average molecular weight is 365 g/mol. The SMILES string of the molecule is CCc1ccc(OCCSc2nc(CSC(C)C)cc(=O)[nH]2)cc1. The molecule has 0 unspecified atom stereocenters. The lowest BCUT2D eigenvalue weighted by Gasteiger charge is -2.08. The van der Waals surface area contributed by atoms with Crippen molar-refractivity contribution in [3.8, 4) is 5.75 Å². The van der Waals surface area contributed by atoms with Crippen LogP contribution in [-0.2, 0) is 12.2 Å². The Morgan fingerprint density at radius 1 is 1.25 bits per heavy atom. The van der Waals surface area contributed by atoms with Gasteiger partial charge in [-0.15, -0.1) is 0 Å². The highest BCUT2D eigenvalue weighted by Crippen LogP contribution is 2.18. The summed E-state index contributed by atoms with van der Waals surface area (Å²) in [7, 11) is 0. The first-order chi connectivity index (χ1) is 11.6. The molecule has 24 heavy (non-hydrogen) atoms. The zero-order chi connectivity index (χ0) is 17.4. The van der Waals surface area contributed by atoms with E-state index in [-0.39, 0.29) is 5.56 Å². The van der Waals surface area contributed by atoms with Crippen molar-refractivity contribution in [2.24, 2.45) is 0 Å². The number of benzene rings is 1. The maximum atomic E-state index is 11.7. The molecule has 0 bridgehead atoms. The van der Waals surface area contributed by atoms with E-state index in [1.165, 1.54) is 17.3 Å². The van der Waals surface area contributed by atoms with Gasteiger partial charge in [0.2, 0.25) is 0 Å². The normalized spacial score (nSPS) is 11.0. The van der Waals surface area contributed by atoms with Gasteiger partial charge in [-0.05, 0) is 29.4 Å². The smallest absolute Gasteiger partial charge is 0.251 e. The standard InChI is InChI=1S/C18H24N2O2S2/c1-4-14-5-7-16(8-6-14)22-9-10-23-18-19-15(11-17(21)20-18)12-24-13(2)3/h5-8,11,13H,4,9-10,12H2,1-3H3,(H,19,20,21). The summed E-state index contributed by atoms with van der Waals surface area (Å²) in [5, 5.41) is 1.18. The summed E-state index contributed by atoms with van der Waals surface area (Å²) in [6.45, 7) is 6.98. The number of aryl methyl sites for hydroxylation is 1. The van der Waals surface area contributed by atoms with Crippen molar-refractivity contribution in [2.45, 2.75) is 43.4 Å². The highest BCUT2D eigenvalue weighted by Gasteiger charge is 2.04. The van der Waals surface area contributed by atoms with Gasteiger partial charge in [0, 0.05) is 17.6 Å². The van der Waals surface area contributed by atoms with Gasteiger partial charge >= 0.3 is 0 Å². The molecular formula is C18H24N2O2S2. The second-order valence-electron chi connectivity index (χ2n) is 5.60. The molecule has 0 saturated heterocycles. The molecule has 2 rings (SSSR count). The summed E-state index contributed by atoms with van der Waals surface area (Å²) in [6, 6.07) is 9.72. The fourth-order valence-electron chi connectivity index (χ4n) is 2.00. The number of hydrogen-bond acceptors (Lipinski definition) is 5. The number of hydrogen-bond donors (Lipinski definition) is 1. The fourth-order valence-corrected chi connectivity index (χ4v) is 3.36. The summed E-state index contributed by atoms with van der Waals surface area (Å²) in [4.78, 5) is 19.0. The van der Waals surface area contributed by atoms with Crippen molar-refractivity contribution in [3.05, 3.63) is 51.9 Å². The lowest BCUT2D eigenvalue weighted by Crippen LogP contribution is -2.11. The third-order valence-corrected chi connectivity index (χ3v) is 5.23. The van der Waals surface area contributed by atoms with E-state index in [0.717, 1.165) is 29.4 Å². The molecule has 0 atom stereocenters. The summed E-state index contributed by atoms with van der Waals surface area (Å²) in [6.07, 6.45) is 1.03. The van der Waals surface area contributed by atoms with E-state index in [1.54, 1.807) is 17.8 Å². The molecule has 0 spiro atoms. The second-order valence-corrected chi connectivity index (χ2v) is 8.24. The lowest BCUT2D eigenvalue weighted by atomic mass is 10.2. The summed E-state index contributed by atoms with van der Waals surface area (Å²) in [5.74, 6) is 2.37. The molecule has 1 aromatic carbocycles. The minimum absolute atomic E-state index is 0.0945. The number of nitrogens with zero attached hydrogens (tertiary/aromatic N) is 1. The topological polar surface area (TPSA) is 55.0 Å². The maximum Gasteiger partial charge on any atom is 0.251 e. The van der Waals surface area contributed by atoms with Crippen LogP contribution in [0.5, 0.6) is 5.75 Å². The Labute approximate surface area is 151 Å². The molecule has 4 nitrogen and oxygen atoms in total. The van der Waals surface area contributed by atoms with Crippen molar-refractivity contribution in [1.29, 1.82) is 0 Å². The van der Waals surface area contributed by atoms with Crippen molar-refractivity contribution in [1.82, 2.24) is 9.97 Å². The van der Waals surface area contributed by atoms with Gasteiger partial charge in [0.1, 0.15) is 5.75 Å². The van der Waals surface area contributed by atoms with Crippen LogP contribution in [0.3, 0.4) is 0 Å². The first-order valence-corrected chi connectivity index (χ1v) is 10.2. The Morgan fingerprint density at radius 2 is 2.00 bits per heavy atom. The van der Waals surface area contributed by atoms with Crippen molar-refractivity contribution in [3.63, 3.8) is 0 Å². The van der Waals surface area contributed by atoms with Gasteiger partial charge in [0.25, 0.3) is 5.56 Å². The van der Waals surface area contributed by atoms with Crippen LogP contribution in [0, 0.1) is 0 Å². The molecule has 1 heterocycles. The van der Waals surface area contributed by atoms with Gasteiger partial charge in [-0.3, -0.25) is 4.79 Å². The number of H-pyrrole nitrogens is 1. The number of aromatic amines is 1. The van der Waals surface area contributed by atoms with Crippen LogP contribution in [0.15, 0.2) is 40.3 Å². The highest BCUT2D eigenvalue weighted by molar-refractivity contribution is 7.99. The Kier molecular flexibility index (Phi) is 7.72. The van der Waals surface area contributed by atoms with Crippen LogP contribution in [0.1, 0.15) is 32.0 Å². The van der Waals surface area contributed by atoms with Crippen molar-refractivity contribution in [2.75, 3.05) is 12.4 Å². The molecule has 0 fully saturated rings. The predicted octanol–water partition coefficient (Wildman–Crippen LogP) is 4.15. The molecule has 1 aromatic heterocycles. The van der Waals surface area contributed by atoms with E-state index >= 15 is 0 Å². The minimum Gasteiger partial charge on any atom is -0.493 e. The number of aromatic nitrogens is 2. The molecule has 130 valence electrons. The molecule has 1 N–H and O–H groups in total. The number of rotatable bonds is 9. The van der Waals surface area contributed by atoms with E-state index in [1.807, 2.05) is 12.1 Å². The Bertz CT molecular complexity index is 684. The van der Waals surface area contributed by atoms with Crippen molar-refractivity contribution < 1.29 is 4.74 Å². The minimum atomic E-state index is -0.0945. The molecule has 0 radical (unpaired) electrons. The third kappa shape index (κ3) is 6.61. The van der Waals surface area contributed by atoms with Crippen LogP contribution in [0.4, 0.5) is 0 Å². The largest absolute Gasteiger partial charge is 0.493 e. The number of ether oxygens (including phenoxy) is 1. The van der Waals surface area contributed by atoms with Crippen LogP contribution in [0.2, 0.25) is 0 Å². The molecule has 0 aliphatic heterocycles. The van der Waals surface area contributed by atoms with E-state index in [9.17, 15) is 4.79 Å². The molecule has 0 aliphatic rings. The molecule has 0 saturated carbocycles.